The van der Waals surface area contributed by atoms with Crippen molar-refractivity contribution in [1.82, 2.24) is 5.32 Å². The molecule has 1 aromatic carbocycles. The smallest absolute Gasteiger partial charge is 0.232 e. The maximum Gasteiger partial charge on any atom is 0.232 e. The lowest BCUT2D eigenvalue weighted by Gasteiger charge is -2.09. The fourth-order valence-corrected chi connectivity index (χ4v) is 3.15. The first kappa shape index (κ1) is 16.0. The third kappa shape index (κ3) is 6.59. The molecule has 0 bridgehead atoms. The van der Waals surface area contributed by atoms with Crippen LogP contribution in [0.15, 0.2) is 18.2 Å². The van der Waals surface area contributed by atoms with E-state index in [-0.39, 0.29) is 5.75 Å². The van der Waals surface area contributed by atoms with Crippen molar-refractivity contribution in [2.75, 3.05) is 23.6 Å². The van der Waals surface area contributed by atoms with Gasteiger partial charge < -0.3 is 5.32 Å². The van der Waals surface area contributed by atoms with Crippen LogP contribution in [0.1, 0.15) is 30.9 Å². The quantitative estimate of drug-likeness (QED) is 0.721. The third-order valence-corrected chi connectivity index (χ3v) is 4.13. The first-order valence-electron chi connectivity index (χ1n) is 6.72. The maximum atomic E-state index is 11.9. The Kier molecular flexibility index (Phi) is 6.31. The van der Waals surface area contributed by atoms with Crippen LogP contribution in [0.2, 0.25) is 0 Å². The van der Waals surface area contributed by atoms with E-state index in [2.05, 4.69) is 10.0 Å². The highest BCUT2D eigenvalue weighted by atomic mass is 32.2. The highest BCUT2D eigenvalue weighted by Crippen LogP contribution is 2.15. The number of nitrogens with one attached hydrogen (secondary N) is 2. The molecule has 0 aliphatic heterocycles. The molecule has 0 aliphatic rings. The van der Waals surface area contributed by atoms with Gasteiger partial charge in [-0.25, -0.2) is 8.42 Å². The molecule has 0 atom stereocenters. The molecule has 4 nitrogen and oxygen atoms in total. The topological polar surface area (TPSA) is 58.2 Å². The molecule has 108 valence electrons. The third-order valence-electron chi connectivity index (χ3n) is 2.76. The second-order valence-corrected chi connectivity index (χ2v) is 6.70. The molecule has 0 saturated carbocycles. The summed E-state index contributed by atoms with van der Waals surface area (Å²) in [6.45, 7) is 7.75. The van der Waals surface area contributed by atoms with Crippen LogP contribution in [0.4, 0.5) is 5.69 Å². The van der Waals surface area contributed by atoms with Crippen molar-refractivity contribution in [2.45, 2.75) is 33.6 Å². The Morgan fingerprint density at radius 1 is 1.05 bits per heavy atom. The second-order valence-electron chi connectivity index (χ2n) is 4.86. The lowest BCUT2D eigenvalue weighted by molar-refractivity contribution is 0.593. The molecule has 0 heterocycles. The first-order valence-corrected chi connectivity index (χ1v) is 8.37. The van der Waals surface area contributed by atoms with E-state index in [1.54, 1.807) is 0 Å². The van der Waals surface area contributed by atoms with E-state index in [0.717, 1.165) is 30.6 Å². The minimum atomic E-state index is -3.23. The molecular weight excluding hydrogens is 260 g/mol. The largest absolute Gasteiger partial charge is 0.317 e. The molecule has 0 spiro atoms. The standard InChI is InChI=1S/C14H24N2O2S/c1-4-15-7-5-6-8-19(17,18)16-14-10-12(2)9-13(3)11-14/h9-11,15-16H,4-8H2,1-3H3. The molecular formula is C14H24N2O2S. The van der Waals surface area contributed by atoms with E-state index < -0.39 is 10.0 Å². The van der Waals surface area contributed by atoms with Gasteiger partial charge >= 0.3 is 0 Å². The lowest BCUT2D eigenvalue weighted by Crippen LogP contribution is -2.19. The van der Waals surface area contributed by atoms with Gasteiger partial charge in [-0.05, 0) is 63.0 Å². The van der Waals surface area contributed by atoms with Gasteiger partial charge in [0.15, 0.2) is 0 Å². The number of hydrogen-bond donors (Lipinski definition) is 2. The number of anilines is 1. The van der Waals surface area contributed by atoms with Gasteiger partial charge in [0.1, 0.15) is 0 Å². The van der Waals surface area contributed by atoms with E-state index in [1.165, 1.54) is 0 Å². The predicted molar refractivity (Wildman–Crippen MR) is 81.1 cm³/mol. The number of aryl methyl sites for hydroxylation is 2. The summed E-state index contributed by atoms with van der Waals surface area (Å²) in [5.41, 5.74) is 2.78. The minimum absolute atomic E-state index is 0.172. The number of rotatable bonds is 8. The molecule has 0 aromatic heterocycles. The van der Waals surface area contributed by atoms with Gasteiger partial charge in [0.2, 0.25) is 10.0 Å². The van der Waals surface area contributed by atoms with Crippen molar-refractivity contribution in [1.29, 1.82) is 0 Å². The number of benzene rings is 1. The molecule has 0 unspecified atom stereocenters. The van der Waals surface area contributed by atoms with E-state index in [0.29, 0.717) is 12.1 Å². The van der Waals surface area contributed by atoms with Crippen molar-refractivity contribution in [2.24, 2.45) is 0 Å². The Balaban J connectivity index is 2.49. The van der Waals surface area contributed by atoms with Crippen LogP contribution in [-0.4, -0.2) is 27.3 Å². The molecule has 0 saturated heterocycles. The van der Waals surface area contributed by atoms with E-state index in [1.807, 2.05) is 39.0 Å². The summed E-state index contributed by atoms with van der Waals surface area (Å²) in [5, 5.41) is 3.18. The highest BCUT2D eigenvalue weighted by Gasteiger charge is 2.10. The van der Waals surface area contributed by atoms with E-state index in [9.17, 15) is 8.42 Å². The van der Waals surface area contributed by atoms with Crippen molar-refractivity contribution in [3.05, 3.63) is 29.3 Å². The fourth-order valence-electron chi connectivity index (χ4n) is 1.98. The Morgan fingerprint density at radius 2 is 1.68 bits per heavy atom. The molecule has 5 heteroatoms. The van der Waals surface area contributed by atoms with Gasteiger partial charge in [-0.15, -0.1) is 0 Å². The van der Waals surface area contributed by atoms with Crippen molar-refractivity contribution >= 4 is 15.7 Å². The summed E-state index contributed by atoms with van der Waals surface area (Å²) in [6, 6.07) is 5.72. The molecule has 0 fully saturated rings. The zero-order valence-electron chi connectivity index (χ0n) is 12.0. The van der Waals surface area contributed by atoms with Crippen LogP contribution >= 0.6 is 0 Å². The first-order chi connectivity index (χ1) is 8.93. The highest BCUT2D eigenvalue weighted by molar-refractivity contribution is 7.92. The van der Waals surface area contributed by atoms with Crippen molar-refractivity contribution in [3.63, 3.8) is 0 Å². The van der Waals surface area contributed by atoms with E-state index in [4.69, 9.17) is 0 Å². The average molecular weight is 284 g/mol. The second kappa shape index (κ2) is 7.50. The normalized spacial score (nSPS) is 11.5. The Hall–Kier alpha value is -1.07. The van der Waals surface area contributed by atoms with Gasteiger partial charge in [-0.3, -0.25) is 4.72 Å². The van der Waals surface area contributed by atoms with Gasteiger partial charge in [-0.1, -0.05) is 13.0 Å². The minimum Gasteiger partial charge on any atom is -0.317 e. The molecule has 2 N–H and O–H groups in total. The van der Waals surface area contributed by atoms with Crippen LogP contribution in [0.5, 0.6) is 0 Å². The SMILES string of the molecule is CCNCCCCS(=O)(=O)Nc1cc(C)cc(C)c1. The molecule has 0 amide bonds. The zero-order valence-corrected chi connectivity index (χ0v) is 12.8. The molecule has 0 aliphatic carbocycles. The van der Waals surface area contributed by atoms with Gasteiger partial charge in [0.05, 0.1) is 5.75 Å². The number of unbranched alkanes of at least 4 members (excludes halogenated alkanes) is 1. The fraction of sp³-hybridized carbons (Fsp3) is 0.571. The Morgan fingerprint density at radius 3 is 2.26 bits per heavy atom. The lowest BCUT2D eigenvalue weighted by atomic mass is 10.1. The van der Waals surface area contributed by atoms with Crippen LogP contribution in [0.25, 0.3) is 0 Å². The summed E-state index contributed by atoms with van der Waals surface area (Å²) < 4.78 is 26.5. The average Bonchev–Trinajstić information content (AvgIpc) is 2.26. The van der Waals surface area contributed by atoms with Gasteiger partial charge in [0, 0.05) is 5.69 Å². The van der Waals surface area contributed by atoms with Gasteiger partial charge in [0.25, 0.3) is 0 Å². The van der Waals surface area contributed by atoms with Crippen LogP contribution in [0, 0.1) is 13.8 Å². The van der Waals surface area contributed by atoms with Crippen molar-refractivity contribution in [3.8, 4) is 0 Å². The summed E-state index contributed by atoms with van der Waals surface area (Å²) in [5.74, 6) is 0.172. The Labute approximate surface area is 116 Å². The molecule has 0 radical (unpaired) electrons. The maximum absolute atomic E-state index is 11.9. The summed E-state index contributed by atoms with van der Waals surface area (Å²) >= 11 is 0. The molecule has 1 aromatic rings. The zero-order chi connectivity index (χ0) is 14.3. The number of hydrogen-bond acceptors (Lipinski definition) is 3. The molecule has 1 rings (SSSR count). The predicted octanol–water partition coefficient (Wildman–Crippen LogP) is 2.43. The van der Waals surface area contributed by atoms with Crippen LogP contribution in [-0.2, 0) is 10.0 Å². The Bertz CT molecular complexity index is 478. The molecule has 19 heavy (non-hydrogen) atoms. The van der Waals surface area contributed by atoms with Crippen molar-refractivity contribution < 1.29 is 8.42 Å². The van der Waals surface area contributed by atoms with Crippen LogP contribution < -0.4 is 10.0 Å². The van der Waals surface area contributed by atoms with E-state index >= 15 is 0 Å². The summed E-state index contributed by atoms with van der Waals surface area (Å²) in [7, 11) is -3.23. The summed E-state index contributed by atoms with van der Waals surface area (Å²) in [4.78, 5) is 0. The number of sulfonamides is 1. The van der Waals surface area contributed by atoms with Crippen LogP contribution in [0.3, 0.4) is 0 Å². The summed E-state index contributed by atoms with van der Waals surface area (Å²) in [6.07, 6.45) is 1.55. The van der Waals surface area contributed by atoms with Gasteiger partial charge in [-0.2, -0.15) is 0 Å². The monoisotopic (exact) mass is 284 g/mol.